The van der Waals surface area contributed by atoms with Gasteiger partial charge in [-0.05, 0) is 60.1 Å². The number of ketones is 1. The molecule has 0 spiro atoms. The van der Waals surface area contributed by atoms with Crippen LogP contribution in [0.25, 0.3) is 10.9 Å². The van der Waals surface area contributed by atoms with Crippen LogP contribution in [0.2, 0.25) is 5.02 Å². The summed E-state index contributed by atoms with van der Waals surface area (Å²) >= 11 is 11.1. The number of rotatable bonds is 4. The van der Waals surface area contributed by atoms with Crippen molar-refractivity contribution in [2.24, 2.45) is 7.05 Å². The molecule has 3 aromatic carbocycles. The summed E-state index contributed by atoms with van der Waals surface area (Å²) < 4.78 is 1.83. The van der Waals surface area contributed by atoms with Gasteiger partial charge in [-0.2, -0.15) is 0 Å². The van der Waals surface area contributed by atoms with Crippen molar-refractivity contribution < 1.29 is 4.79 Å². The van der Waals surface area contributed by atoms with Gasteiger partial charge in [0, 0.05) is 23.2 Å². The lowest BCUT2D eigenvalue weighted by Crippen LogP contribution is -2.20. The minimum absolute atomic E-state index is 0.0557. The Hall–Kier alpha value is -3.02. The normalized spacial score (nSPS) is 11.0. The summed E-state index contributed by atoms with van der Waals surface area (Å²) in [5, 5.41) is 1.23. The van der Waals surface area contributed by atoms with E-state index in [1.807, 2.05) is 42.5 Å². The molecule has 4 nitrogen and oxygen atoms in total. The quantitative estimate of drug-likeness (QED) is 0.370. The van der Waals surface area contributed by atoms with E-state index in [4.69, 9.17) is 23.8 Å². The predicted molar refractivity (Wildman–Crippen MR) is 119 cm³/mol. The van der Waals surface area contributed by atoms with Gasteiger partial charge in [0.15, 0.2) is 10.6 Å². The number of hydrogen-bond acceptors (Lipinski definition) is 3. The van der Waals surface area contributed by atoms with Crippen molar-refractivity contribution in [1.82, 2.24) is 9.55 Å². The van der Waals surface area contributed by atoms with Gasteiger partial charge in [0.05, 0.1) is 10.9 Å². The van der Waals surface area contributed by atoms with Gasteiger partial charge in [0.1, 0.15) is 0 Å². The van der Waals surface area contributed by atoms with Crippen LogP contribution in [0.15, 0.2) is 71.5 Å². The van der Waals surface area contributed by atoms with Crippen LogP contribution in [0, 0.1) is 4.77 Å². The molecule has 6 heteroatoms. The van der Waals surface area contributed by atoms with Crippen LogP contribution in [0.3, 0.4) is 0 Å². The van der Waals surface area contributed by atoms with Crippen molar-refractivity contribution in [3.8, 4) is 0 Å². The Bertz CT molecular complexity index is 1340. The average Bonchev–Trinajstić information content (AvgIpc) is 2.73. The maximum absolute atomic E-state index is 12.7. The van der Waals surface area contributed by atoms with E-state index < -0.39 is 0 Å². The molecule has 0 aliphatic carbocycles. The molecule has 0 saturated heterocycles. The molecule has 0 atom stereocenters. The minimum atomic E-state index is -0.117. The Kier molecular flexibility index (Phi) is 5.18. The lowest BCUT2D eigenvalue weighted by atomic mass is 9.98. The number of carbonyl (C=O) groups excluding carboxylic acids is 1. The monoisotopic (exact) mass is 420 g/mol. The summed E-state index contributed by atoms with van der Waals surface area (Å²) in [6.45, 7) is 0. The molecule has 1 heterocycles. The van der Waals surface area contributed by atoms with E-state index in [9.17, 15) is 9.59 Å². The average molecular weight is 421 g/mol. The fourth-order valence-electron chi connectivity index (χ4n) is 3.32. The summed E-state index contributed by atoms with van der Waals surface area (Å²) in [6.07, 6.45) is 0.576. The standard InChI is InChI=1S/C23H17ClN2O2S/c1-26-22(28)20-17(3-2-4-19(20)25-23(26)29)13-14-5-7-15(8-6-14)21(27)16-9-11-18(24)12-10-16/h2-12H,13H2,1H3,(H,25,29). The molecular weight excluding hydrogens is 404 g/mol. The van der Waals surface area contributed by atoms with Gasteiger partial charge < -0.3 is 4.98 Å². The number of aromatic nitrogens is 2. The van der Waals surface area contributed by atoms with Gasteiger partial charge in [0.2, 0.25) is 0 Å². The summed E-state index contributed by atoms with van der Waals surface area (Å²) in [4.78, 5) is 28.4. The van der Waals surface area contributed by atoms with E-state index in [-0.39, 0.29) is 11.3 Å². The van der Waals surface area contributed by atoms with Gasteiger partial charge >= 0.3 is 0 Å². The Labute approximate surface area is 177 Å². The third kappa shape index (κ3) is 3.79. The SMILES string of the molecule is Cn1c(=S)[nH]c2cccc(Cc3ccc(C(=O)c4ccc(Cl)cc4)cc3)c2c1=O. The second-order valence-corrected chi connectivity index (χ2v) is 7.67. The molecule has 0 unspecified atom stereocenters. The molecule has 4 aromatic rings. The molecule has 0 saturated carbocycles. The zero-order chi connectivity index (χ0) is 20.5. The Morgan fingerprint density at radius 3 is 2.28 bits per heavy atom. The van der Waals surface area contributed by atoms with Crippen molar-refractivity contribution in [2.45, 2.75) is 6.42 Å². The summed E-state index contributed by atoms with van der Waals surface area (Å²) in [6, 6.07) is 20.0. The van der Waals surface area contributed by atoms with Gasteiger partial charge in [-0.3, -0.25) is 14.2 Å². The van der Waals surface area contributed by atoms with E-state index in [2.05, 4.69) is 4.98 Å². The van der Waals surface area contributed by atoms with E-state index in [1.165, 1.54) is 4.57 Å². The zero-order valence-corrected chi connectivity index (χ0v) is 17.2. The third-order valence-corrected chi connectivity index (χ3v) is 5.56. The highest BCUT2D eigenvalue weighted by Crippen LogP contribution is 2.19. The topological polar surface area (TPSA) is 54.9 Å². The fraction of sp³-hybridized carbons (Fsp3) is 0.0870. The molecular formula is C23H17ClN2O2S. The largest absolute Gasteiger partial charge is 0.332 e. The number of hydrogen-bond donors (Lipinski definition) is 1. The lowest BCUT2D eigenvalue weighted by Gasteiger charge is -2.09. The van der Waals surface area contributed by atoms with Crippen LogP contribution in [0.5, 0.6) is 0 Å². The Morgan fingerprint density at radius 2 is 1.62 bits per heavy atom. The number of carbonyl (C=O) groups is 1. The van der Waals surface area contributed by atoms with Gasteiger partial charge in [-0.25, -0.2) is 0 Å². The summed E-state index contributed by atoms with van der Waals surface area (Å²) in [5.41, 5.74) is 3.73. The first-order valence-corrected chi connectivity index (χ1v) is 9.83. The van der Waals surface area contributed by atoms with Crippen LogP contribution < -0.4 is 5.56 Å². The fourth-order valence-corrected chi connectivity index (χ4v) is 3.64. The van der Waals surface area contributed by atoms with Crippen LogP contribution in [-0.2, 0) is 13.5 Å². The number of nitrogens with one attached hydrogen (secondary N) is 1. The van der Waals surface area contributed by atoms with Crippen LogP contribution in [-0.4, -0.2) is 15.3 Å². The summed E-state index contributed by atoms with van der Waals surface area (Å²) in [5.74, 6) is -0.0557. The molecule has 0 radical (unpaired) electrons. The van der Waals surface area contributed by atoms with Crippen molar-refractivity contribution in [3.05, 3.63) is 109 Å². The molecule has 0 bridgehead atoms. The van der Waals surface area contributed by atoms with Gasteiger partial charge in [0.25, 0.3) is 5.56 Å². The minimum Gasteiger partial charge on any atom is -0.332 e. The molecule has 1 aromatic heterocycles. The van der Waals surface area contributed by atoms with Gasteiger partial charge in [-0.15, -0.1) is 0 Å². The molecule has 4 rings (SSSR count). The highest BCUT2D eigenvalue weighted by Gasteiger charge is 2.11. The van der Waals surface area contributed by atoms with Crippen LogP contribution in [0.1, 0.15) is 27.0 Å². The molecule has 1 N–H and O–H groups in total. The zero-order valence-electron chi connectivity index (χ0n) is 15.6. The lowest BCUT2D eigenvalue weighted by molar-refractivity contribution is 0.103. The molecule has 144 valence electrons. The highest BCUT2D eigenvalue weighted by atomic mass is 35.5. The Balaban J connectivity index is 1.65. The van der Waals surface area contributed by atoms with E-state index >= 15 is 0 Å². The molecule has 0 aliphatic heterocycles. The molecule has 0 amide bonds. The maximum atomic E-state index is 12.7. The molecule has 0 aliphatic rings. The number of benzene rings is 3. The van der Waals surface area contributed by atoms with Crippen LogP contribution >= 0.6 is 23.8 Å². The van der Waals surface area contributed by atoms with E-state index in [0.29, 0.717) is 32.7 Å². The summed E-state index contributed by atoms with van der Waals surface area (Å²) in [7, 11) is 1.66. The molecule has 29 heavy (non-hydrogen) atoms. The van der Waals surface area contributed by atoms with Crippen molar-refractivity contribution >= 4 is 40.5 Å². The highest BCUT2D eigenvalue weighted by molar-refractivity contribution is 7.71. The number of nitrogens with zero attached hydrogens (tertiary/aromatic N) is 1. The van der Waals surface area contributed by atoms with Gasteiger partial charge in [-0.1, -0.05) is 48.0 Å². The number of fused-ring (bicyclic) bond motifs is 1. The van der Waals surface area contributed by atoms with E-state index in [0.717, 1.165) is 16.6 Å². The molecule has 0 fully saturated rings. The number of H-pyrrole nitrogens is 1. The van der Waals surface area contributed by atoms with E-state index in [1.54, 1.807) is 31.3 Å². The van der Waals surface area contributed by atoms with Crippen molar-refractivity contribution in [2.75, 3.05) is 0 Å². The first-order chi connectivity index (χ1) is 13.9. The predicted octanol–water partition coefficient (Wildman–Crippen LogP) is 5.07. The number of halogens is 1. The second kappa shape index (κ2) is 7.78. The number of aromatic amines is 1. The third-order valence-electron chi connectivity index (χ3n) is 4.93. The first kappa shape index (κ1) is 19.3. The second-order valence-electron chi connectivity index (χ2n) is 6.84. The maximum Gasteiger partial charge on any atom is 0.262 e. The smallest absolute Gasteiger partial charge is 0.262 e. The van der Waals surface area contributed by atoms with Crippen LogP contribution in [0.4, 0.5) is 0 Å². The Morgan fingerprint density at radius 1 is 1.00 bits per heavy atom. The van der Waals surface area contributed by atoms with Crippen molar-refractivity contribution in [1.29, 1.82) is 0 Å². The van der Waals surface area contributed by atoms with Crippen molar-refractivity contribution in [3.63, 3.8) is 0 Å². The first-order valence-electron chi connectivity index (χ1n) is 9.04.